The molecule has 3 fully saturated rings. The average Bonchev–Trinajstić information content (AvgIpc) is 2.95. The predicted octanol–water partition coefficient (Wildman–Crippen LogP) is 1.64. The molecule has 21 heavy (non-hydrogen) atoms. The van der Waals surface area contributed by atoms with Crippen LogP contribution in [0, 0.1) is 17.8 Å². The SMILES string of the molecule is O=C(O)C1CCCC1C(=O)N1CCC2(O)CCCCC2C1. The second-order valence-electron chi connectivity index (χ2n) is 7.06. The lowest BCUT2D eigenvalue weighted by molar-refractivity contribution is -0.154. The van der Waals surface area contributed by atoms with Gasteiger partial charge in [0.25, 0.3) is 0 Å². The van der Waals surface area contributed by atoms with Gasteiger partial charge < -0.3 is 15.1 Å². The molecule has 1 saturated heterocycles. The minimum Gasteiger partial charge on any atom is -0.481 e. The maximum absolute atomic E-state index is 12.7. The van der Waals surface area contributed by atoms with E-state index >= 15 is 0 Å². The Morgan fingerprint density at radius 2 is 1.76 bits per heavy atom. The molecular formula is C16H25NO4. The first kappa shape index (κ1) is 14.8. The van der Waals surface area contributed by atoms with Crippen molar-refractivity contribution in [3.63, 3.8) is 0 Å². The van der Waals surface area contributed by atoms with Crippen molar-refractivity contribution in [1.82, 2.24) is 4.90 Å². The van der Waals surface area contributed by atoms with E-state index in [2.05, 4.69) is 0 Å². The molecule has 0 aromatic carbocycles. The summed E-state index contributed by atoms with van der Waals surface area (Å²) < 4.78 is 0. The molecule has 0 aromatic heterocycles. The topological polar surface area (TPSA) is 77.8 Å². The van der Waals surface area contributed by atoms with E-state index in [0.717, 1.165) is 32.1 Å². The van der Waals surface area contributed by atoms with Gasteiger partial charge in [-0.05, 0) is 32.1 Å². The summed E-state index contributed by atoms with van der Waals surface area (Å²) in [5.41, 5.74) is -0.586. The smallest absolute Gasteiger partial charge is 0.307 e. The third-order valence-electron chi connectivity index (χ3n) is 5.89. The number of carbonyl (C=O) groups excluding carboxylic acids is 1. The van der Waals surface area contributed by atoms with Crippen molar-refractivity contribution in [3.8, 4) is 0 Å². The molecule has 118 valence electrons. The van der Waals surface area contributed by atoms with Gasteiger partial charge in [-0.25, -0.2) is 0 Å². The van der Waals surface area contributed by atoms with Crippen molar-refractivity contribution in [2.24, 2.45) is 17.8 Å². The lowest BCUT2D eigenvalue weighted by Gasteiger charge is -2.48. The van der Waals surface area contributed by atoms with Gasteiger partial charge in [0.05, 0.1) is 17.4 Å². The third-order valence-corrected chi connectivity index (χ3v) is 5.89. The highest BCUT2D eigenvalue weighted by molar-refractivity contribution is 5.85. The van der Waals surface area contributed by atoms with E-state index in [1.54, 1.807) is 0 Å². The standard InChI is InChI=1S/C16H25NO4/c18-14(12-5-3-6-13(12)15(19)20)17-9-8-16(21)7-2-1-4-11(16)10-17/h11-13,21H,1-10H2,(H,19,20). The number of rotatable bonds is 2. The molecule has 0 bridgehead atoms. The van der Waals surface area contributed by atoms with Gasteiger partial charge in [-0.2, -0.15) is 0 Å². The number of nitrogens with zero attached hydrogens (tertiary/aromatic N) is 1. The highest BCUT2D eigenvalue weighted by Crippen LogP contribution is 2.41. The number of fused-ring (bicyclic) bond motifs is 1. The number of likely N-dealkylation sites (tertiary alicyclic amines) is 1. The Bertz CT molecular complexity index is 438. The summed E-state index contributed by atoms with van der Waals surface area (Å²) in [6.45, 7) is 1.19. The van der Waals surface area contributed by atoms with Crippen molar-refractivity contribution in [3.05, 3.63) is 0 Å². The van der Waals surface area contributed by atoms with E-state index in [1.807, 2.05) is 4.90 Å². The molecule has 4 atom stereocenters. The molecule has 4 unspecified atom stereocenters. The molecule has 0 radical (unpaired) electrons. The van der Waals surface area contributed by atoms with Crippen LogP contribution in [0.3, 0.4) is 0 Å². The van der Waals surface area contributed by atoms with Crippen molar-refractivity contribution in [2.45, 2.75) is 57.0 Å². The number of hydrogen-bond acceptors (Lipinski definition) is 3. The summed E-state index contributed by atoms with van der Waals surface area (Å²) in [5, 5.41) is 19.9. The minimum absolute atomic E-state index is 0.00697. The molecule has 2 N–H and O–H groups in total. The minimum atomic E-state index is -0.836. The summed E-state index contributed by atoms with van der Waals surface area (Å²) in [5.74, 6) is -1.51. The lowest BCUT2D eigenvalue weighted by Crippen LogP contribution is -2.56. The monoisotopic (exact) mass is 295 g/mol. The Hall–Kier alpha value is -1.10. The van der Waals surface area contributed by atoms with Crippen LogP contribution in [0.15, 0.2) is 0 Å². The Morgan fingerprint density at radius 1 is 1.00 bits per heavy atom. The van der Waals surface area contributed by atoms with Crippen LogP contribution in [-0.2, 0) is 9.59 Å². The first-order chi connectivity index (χ1) is 10.0. The lowest BCUT2D eigenvalue weighted by atomic mass is 9.71. The van der Waals surface area contributed by atoms with E-state index in [0.29, 0.717) is 32.4 Å². The van der Waals surface area contributed by atoms with E-state index in [-0.39, 0.29) is 17.7 Å². The molecule has 1 heterocycles. The third kappa shape index (κ3) is 2.68. The zero-order valence-electron chi connectivity index (χ0n) is 12.5. The summed E-state index contributed by atoms with van der Waals surface area (Å²) >= 11 is 0. The van der Waals surface area contributed by atoms with Gasteiger partial charge in [-0.3, -0.25) is 9.59 Å². The number of carbonyl (C=O) groups is 2. The number of piperidine rings is 1. The largest absolute Gasteiger partial charge is 0.481 e. The Kier molecular flexibility index (Phi) is 3.95. The summed E-state index contributed by atoms with van der Waals surface area (Å²) in [4.78, 5) is 25.8. The van der Waals surface area contributed by atoms with E-state index in [4.69, 9.17) is 0 Å². The van der Waals surface area contributed by atoms with E-state index < -0.39 is 17.5 Å². The summed E-state index contributed by atoms with van der Waals surface area (Å²) in [6.07, 6.45) is 6.81. The van der Waals surface area contributed by atoms with Crippen molar-refractivity contribution in [2.75, 3.05) is 13.1 Å². The first-order valence-electron chi connectivity index (χ1n) is 8.25. The molecular weight excluding hydrogens is 270 g/mol. The van der Waals surface area contributed by atoms with Crippen LogP contribution in [-0.4, -0.2) is 45.7 Å². The number of amides is 1. The van der Waals surface area contributed by atoms with E-state index in [9.17, 15) is 19.8 Å². The van der Waals surface area contributed by atoms with Gasteiger partial charge in [0.1, 0.15) is 0 Å². The molecule has 2 saturated carbocycles. The Morgan fingerprint density at radius 3 is 2.52 bits per heavy atom. The van der Waals surface area contributed by atoms with Crippen molar-refractivity contribution < 1.29 is 19.8 Å². The molecule has 5 nitrogen and oxygen atoms in total. The van der Waals surface area contributed by atoms with Gasteiger partial charge in [-0.1, -0.05) is 19.3 Å². The fourth-order valence-electron chi connectivity index (χ4n) is 4.56. The molecule has 3 rings (SSSR count). The second kappa shape index (κ2) is 5.59. The predicted molar refractivity (Wildman–Crippen MR) is 76.6 cm³/mol. The number of carboxylic acid groups (broad SMARTS) is 1. The number of hydrogen-bond donors (Lipinski definition) is 2. The van der Waals surface area contributed by atoms with Gasteiger partial charge in [0.15, 0.2) is 0 Å². The maximum atomic E-state index is 12.7. The molecule has 1 amide bonds. The summed E-state index contributed by atoms with van der Waals surface area (Å²) in [7, 11) is 0. The normalized spacial score (nSPS) is 39.9. The van der Waals surface area contributed by atoms with Gasteiger partial charge in [-0.15, -0.1) is 0 Å². The highest BCUT2D eigenvalue weighted by atomic mass is 16.4. The van der Waals surface area contributed by atoms with Crippen LogP contribution in [0.25, 0.3) is 0 Å². The molecule has 5 heteroatoms. The molecule has 1 aliphatic heterocycles. The van der Waals surface area contributed by atoms with Gasteiger partial charge in [0.2, 0.25) is 5.91 Å². The van der Waals surface area contributed by atoms with Crippen LogP contribution in [0.5, 0.6) is 0 Å². The van der Waals surface area contributed by atoms with Crippen LogP contribution in [0.4, 0.5) is 0 Å². The van der Waals surface area contributed by atoms with Gasteiger partial charge >= 0.3 is 5.97 Å². The maximum Gasteiger partial charge on any atom is 0.307 e. The van der Waals surface area contributed by atoms with Gasteiger partial charge in [0, 0.05) is 19.0 Å². The second-order valence-corrected chi connectivity index (χ2v) is 7.06. The Balaban J connectivity index is 1.67. The van der Waals surface area contributed by atoms with Crippen LogP contribution in [0.2, 0.25) is 0 Å². The summed E-state index contributed by atoms with van der Waals surface area (Å²) in [6, 6.07) is 0. The van der Waals surface area contributed by atoms with Crippen molar-refractivity contribution >= 4 is 11.9 Å². The zero-order chi connectivity index (χ0) is 15.0. The number of carboxylic acids is 1. The van der Waals surface area contributed by atoms with Crippen LogP contribution >= 0.6 is 0 Å². The molecule has 0 aromatic rings. The fraction of sp³-hybridized carbons (Fsp3) is 0.875. The molecule has 3 aliphatic rings. The Labute approximate surface area is 125 Å². The molecule has 0 spiro atoms. The highest BCUT2D eigenvalue weighted by Gasteiger charge is 2.46. The van der Waals surface area contributed by atoms with Crippen LogP contribution < -0.4 is 0 Å². The van der Waals surface area contributed by atoms with Crippen molar-refractivity contribution in [1.29, 1.82) is 0 Å². The average molecular weight is 295 g/mol. The first-order valence-corrected chi connectivity index (χ1v) is 8.25. The van der Waals surface area contributed by atoms with E-state index in [1.165, 1.54) is 0 Å². The quantitative estimate of drug-likeness (QED) is 0.812. The molecule has 2 aliphatic carbocycles. The van der Waals surface area contributed by atoms with Crippen LogP contribution in [0.1, 0.15) is 51.4 Å². The zero-order valence-corrected chi connectivity index (χ0v) is 12.5. The fourth-order valence-corrected chi connectivity index (χ4v) is 4.56. The number of aliphatic hydroxyl groups is 1. The number of aliphatic carboxylic acids is 1.